The second-order valence-corrected chi connectivity index (χ2v) is 8.94. The monoisotopic (exact) mass is 388 g/mol. The molecule has 6 heteroatoms. The Bertz CT molecular complexity index is 875. The van der Waals surface area contributed by atoms with Crippen molar-refractivity contribution in [1.29, 1.82) is 0 Å². The van der Waals surface area contributed by atoms with Crippen molar-refractivity contribution in [2.24, 2.45) is 0 Å². The molecule has 0 aromatic heterocycles. The van der Waals surface area contributed by atoms with Gasteiger partial charge in [0, 0.05) is 19.5 Å². The van der Waals surface area contributed by atoms with E-state index < -0.39 is 10.0 Å². The molecule has 0 bridgehead atoms. The molecule has 2 aromatic rings. The SMILES string of the molecule is Cc1ccccc1CNC(=O)CCN(c1ccc(C(C)C)cc1)S(C)(=O)=O. The Balaban J connectivity index is 2.00. The van der Waals surface area contributed by atoms with E-state index in [0.29, 0.717) is 18.2 Å². The van der Waals surface area contributed by atoms with Crippen molar-refractivity contribution >= 4 is 21.6 Å². The molecule has 0 atom stereocenters. The van der Waals surface area contributed by atoms with Crippen LogP contribution in [0.4, 0.5) is 5.69 Å². The van der Waals surface area contributed by atoms with E-state index in [-0.39, 0.29) is 18.9 Å². The minimum absolute atomic E-state index is 0.102. The molecule has 2 rings (SSSR count). The van der Waals surface area contributed by atoms with Crippen LogP contribution in [-0.4, -0.2) is 27.1 Å². The van der Waals surface area contributed by atoms with Crippen molar-refractivity contribution < 1.29 is 13.2 Å². The quantitative estimate of drug-likeness (QED) is 0.751. The van der Waals surface area contributed by atoms with Gasteiger partial charge in [0.05, 0.1) is 11.9 Å². The normalized spacial score (nSPS) is 11.4. The maximum Gasteiger partial charge on any atom is 0.232 e. The molecule has 0 fully saturated rings. The largest absolute Gasteiger partial charge is 0.352 e. The van der Waals surface area contributed by atoms with Crippen LogP contribution in [0.15, 0.2) is 48.5 Å². The summed E-state index contributed by atoms with van der Waals surface area (Å²) in [7, 11) is -3.47. The van der Waals surface area contributed by atoms with E-state index in [1.54, 1.807) is 12.1 Å². The molecule has 0 unspecified atom stereocenters. The van der Waals surface area contributed by atoms with E-state index >= 15 is 0 Å². The number of hydrogen-bond acceptors (Lipinski definition) is 3. The van der Waals surface area contributed by atoms with Crippen molar-refractivity contribution in [3.05, 3.63) is 65.2 Å². The van der Waals surface area contributed by atoms with Crippen molar-refractivity contribution in [1.82, 2.24) is 5.32 Å². The zero-order valence-electron chi connectivity index (χ0n) is 16.4. The third-order valence-corrected chi connectivity index (χ3v) is 5.72. The summed E-state index contributed by atoms with van der Waals surface area (Å²) in [5.41, 5.74) is 3.88. The second-order valence-electron chi connectivity index (χ2n) is 7.03. The molecule has 27 heavy (non-hydrogen) atoms. The predicted octanol–water partition coefficient (Wildman–Crippen LogP) is 3.59. The van der Waals surface area contributed by atoms with E-state index in [1.807, 2.05) is 43.3 Å². The van der Waals surface area contributed by atoms with Gasteiger partial charge in [0.25, 0.3) is 0 Å². The average molecular weight is 389 g/mol. The summed E-state index contributed by atoms with van der Waals surface area (Å²) in [5, 5.41) is 2.86. The Morgan fingerprint density at radius 3 is 2.26 bits per heavy atom. The fourth-order valence-electron chi connectivity index (χ4n) is 2.81. The molecule has 0 saturated carbocycles. The first-order chi connectivity index (χ1) is 12.7. The smallest absolute Gasteiger partial charge is 0.232 e. The molecular formula is C21H28N2O3S. The van der Waals surface area contributed by atoms with Gasteiger partial charge in [-0.3, -0.25) is 9.10 Å². The first-order valence-electron chi connectivity index (χ1n) is 9.07. The third-order valence-electron chi connectivity index (χ3n) is 4.53. The van der Waals surface area contributed by atoms with Crippen LogP contribution in [-0.2, 0) is 21.4 Å². The van der Waals surface area contributed by atoms with Crippen LogP contribution < -0.4 is 9.62 Å². The van der Waals surface area contributed by atoms with Gasteiger partial charge in [0.15, 0.2) is 0 Å². The number of sulfonamides is 1. The number of aryl methyl sites for hydroxylation is 1. The highest BCUT2D eigenvalue weighted by Gasteiger charge is 2.18. The highest BCUT2D eigenvalue weighted by Crippen LogP contribution is 2.22. The van der Waals surface area contributed by atoms with E-state index in [9.17, 15) is 13.2 Å². The number of carbonyl (C=O) groups excluding carboxylic acids is 1. The summed E-state index contributed by atoms with van der Waals surface area (Å²) in [4.78, 5) is 12.2. The number of nitrogens with zero attached hydrogens (tertiary/aromatic N) is 1. The highest BCUT2D eigenvalue weighted by molar-refractivity contribution is 7.92. The van der Waals surface area contributed by atoms with Crippen LogP contribution in [0, 0.1) is 6.92 Å². The maximum absolute atomic E-state index is 12.2. The van der Waals surface area contributed by atoms with Gasteiger partial charge in [-0.25, -0.2) is 8.42 Å². The van der Waals surface area contributed by atoms with E-state index in [0.717, 1.165) is 22.9 Å². The lowest BCUT2D eigenvalue weighted by Crippen LogP contribution is -2.34. The summed E-state index contributed by atoms with van der Waals surface area (Å²) in [5.74, 6) is 0.198. The average Bonchev–Trinajstić information content (AvgIpc) is 2.60. The molecule has 0 spiro atoms. The summed E-state index contributed by atoms with van der Waals surface area (Å²) in [6.07, 6.45) is 1.26. The van der Waals surface area contributed by atoms with Gasteiger partial charge in [0.2, 0.25) is 15.9 Å². The fourth-order valence-corrected chi connectivity index (χ4v) is 3.73. The van der Waals surface area contributed by atoms with Gasteiger partial charge in [-0.05, 0) is 41.7 Å². The van der Waals surface area contributed by atoms with Gasteiger partial charge < -0.3 is 5.32 Å². The molecule has 0 aliphatic carbocycles. The number of carbonyl (C=O) groups is 1. The molecule has 0 aliphatic heterocycles. The van der Waals surface area contributed by atoms with E-state index in [2.05, 4.69) is 19.2 Å². The molecule has 0 saturated heterocycles. The van der Waals surface area contributed by atoms with Crippen LogP contribution in [0.1, 0.15) is 42.9 Å². The van der Waals surface area contributed by atoms with Crippen LogP contribution in [0.5, 0.6) is 0 Å². The Morgan fingerprint density at radius 2 is 1.70 bits per heavy atom. The molecule has 5 nitrogen and oxygen atoms in total. The lowest BCUT2D eigenvalue weighted by Gasteiger charge is -2.22. The minimum Gasteiger partial charge on any atom is -0.352 e. The van der Waals surface area contributed by atoms with Crippen LogP contribution in [0.2, 0.25) is 0 Å². The number of amides is 1. The Hall–Kier alpha value is -2.34. The minimum atomic E-state index is -3.47. The van der Waals surface area contributed by atoms with E-state index in [1.165, 1.54) is 4.31 Å². The predicted molar refractivity (Wildman–Crippen MR) is 110 cm³/mol. The van der Waals surface area contributed by atoms with Crippen molar-refractivity contribution in [2.75, 3.05) is 17.1 Å². The number of benzene rings is 2. The number of rotatable bonds is 8. The molecule has 146 valence electrons. The summed E-state index contributed by atoms with van der Waals surface area (Å²) in [6, 6.07) is 15.3. The van der Waals surface area contributed by atoms with Gasteiger partial charge in [0.1, 0.15) is 0 Å². The molecule has 0 aliphatic rings. The Labute approximate surface area is 162 Å². The number of anilines is 1. The fraction of sp³-hybridized carbons (Fsp3) is 0.381. The highest BCUT2D eigenvalue weighted by atomic mass is 32.2. The van der Waals surface area contributed by atoms with Crippen LogP contribution in [0.3, 0.4) is 0 Å². The molecule has 2 aromatic carbocycles. The Kier molecular flexibility index (Phi) is 7.02. The number of hydrogen-bond donors (Lipinski definition) is 1. The summed E-state index contributed by atoms with van der Waals surface area (Å²) >= 11 is 0. The Morgan fingerprint density at radius 1 is 1.07 bits per heavy atom. The standard InChI is InChI=1S/C21H28N2O3S/c1-16(2)18-9-11-20(12-10-18)23(27(4,25)26)14-13-21(24)22-15-19-8-6-5-7-17(19)3/h5-12,16H,13-15H2,1-4H3,(H,22,24). The lowest BCUT2D eigenvalue weighted by molar-refractivity contribution is -0.121. The van der Waals surface area contributed by atoms with Crippen LogP contribution >= 0.6 is 0 Å². The molecular weight excluding hydrogens is 360 g/mol. The van der Waals surface area contributed by atoms with E-state index in [4.69, 9.17) is 0 Å². The maximum atomic E-state index is 12.2. The van der Waals surface area contributed by atoms with Crippen molar-refractivity contribution in [3.63, 3.8) is 0 Å². The molecule has 0 heterocycles. The zero-order chi connectivity index (χ0) is 20.0. The molecule has 0 radical (unpaired) electrons. The summed E-state index contributed by atoms with van der Waals surface area (Å²) < 4.78 is 25.6. The first-order valence-corrected chi connectivity index (χ1v) is 10.9. The zero-order valence-corrected chi connectivity index (χ0v) is 17.2. The third kappa shape index (κ3) is 6.10. The van der Waals surface area contributed by atoms with Crippen molar-refractivity contribution in [2.45, 2.75) is 39.7 Å². The van der Waals surface area contributed by atoms with Gasteiger partial charge in [-0.2, -0.15) is 0 Å². The van der Waals surface area contributed by atoms with Crippen molar-refractivity contribution in [3.8, 4) is 0 Å². The topological polar surface area (TPSA) is 66.5 Å². The van der Waals surface area contributed by atoms with Crippen LogP contribution in [0.25, 0.3) is 0 Å². The van der Waals surface area contributed by atoms with Gasteiger partial charge in [-0.1, -0.05) is 50.2 Å². The molecule has 1 N–H and O–H groups in total. The lowest BCUT2D eigenvalue weighted by atomic mass is 10.0. The van der Waals surface area contributed by atoms with Gasteiger partial charge in [-0.15, -0.1) is 0 Å². The first kappa shape index (κ1) is 21.0. The summed E-state index contributed by atoms with van der Waals surface area (Å²) in [6.45, 7) is 6.71. The molecule has 1 amide bonds. The second kappa shape index (κ2) is 9.04. The van der Waals surface area contributed by atoms with Gasteiger partial charge >= 0.3 is 0 Å². The number of nitrogens with one attached hydrogen (secondary N) is 1.